The van der Waals surface area contributed by atoms with Crippen LogP contribution in [0.3, 0.4) is 0 Å². The smallest absolute Gasteiger partial charge is 0.400 e. The van der Waals surface area contributed by atoms with Crippen LogP contribution in [0.25, 0.3) is 6.08 Å². The maximum absolute atomic E-state index is 13.3. The molecule has 1 heterocycles. The second-order valence-electron chi connectivity index (χ2n) is 7.17. The van der Waals surface area contributed by atoms with Crippen molar-refractivity contribution in [3.8, 4) is 0 Å². The Balaban J connectivity index is 2.44. The highest BCUT2D eigenvalue weighted by atomic mass is 32.2. The molecule has 0 unspecified atom stereocenters. The molecule has 1 saturated heterocycles. The van der Waals surface area contributed by atoms with E-state index in [9.17, 15) is 18.0 Å². The van der Waals surface area contributed by atoms with Crippen LogP contribution in [-0.4, -0.2) is 29.2 Å². The molecule has 142 valence electrons. The molecule has 1 aromatic carbocycles. The van der Waals surface area contributed by atoms with Crippen LogP contribution < -0.4 is 0 Å². The number of benzene rings is 1. The minimum absolute atomic E-state index is 0.0221. The Morgan fingerprint density at radius 2 is 1.69 bits per heavy atom. The fraction of sp³-hybridized carbons (Fsp3) is 0.500. The predicted octanol–water partition coefficient (Wildman–Crippen LogP) is 5.00. The molecule has 0 saturated carbocycles. The van der Waals surface area contributed by atoms with Crippen molar-refractivity contribution in [3.63, 3.8) is 0 Å². The Labute approximate surface area is 156 Å². The van der Waals surface area contributed by atoms with Gasteiger partial charge in [-0.25, -0.2) is 0 Å². The van der Waals surface area contributed by atoms with E-state index in [1.165, 1.54) is 25.1 Å². The van der Waals surface area contributed by atoms with E-state index in [0.717, 1.165) is 17.8 Å². The standard InChI is InChI=1S/C18H22BF3O3S/c1-12(23)26-11-14(19-24-16(2,3)17(4,5)25-19)10-13-8-6-7-9-15(13)18(20,21)22/h6-10H,11H2,1-5H3. The number of carbonyl (C=O) groups is 1. The van der Waals surface area contributed by atoms with Crippen LogP contribution in [0, 0.1) is 0 Å². The zero-order valence-corrected chi connectivity index (χ0v) is 16.3. The molecule has 1 aliphatic rings. The minimum Gasteiger partial charge on any atom is -0.400 e. The highest BCUT2D eigenvalue weighted by Crippen LogP contribution is 2.40. The fourth-order valence-electron chi connectivity index (χ4n) is 2.44. The van der Waals surface area contributed by atoms with Gasteiger partial charge in [-0.05, 0) is 44.8 Å². The lowest BCUT2D eigenvalue weighted by molar-refractivity contribution is -0.137. The summed E-state index contributed by atoms with van der Waals surface area (Å²) in [4.78, 5) is 11.4. The quantitative estimate of drug-likeness (QED) is 0.683. The van der Waals surface area contributed by atoms with E-state index in [1.807, 2.05) is 27.7 Å². The third-order valence-corrected chi connectivity index (χ3v) is 5.49. The van der Waals surface area contributed by atoms with E-state index in [4.69, 9.17) is 9.31 Å². The van der Waals surface area contributed by atoms with E-state index in [1.54, 1.807) is 6.07 Å². The third kappa shape index (κ3) is 4.72. The van der Waals surface area contributed by atoms with Crippen molar-refractivity contribution in [2.75, 3.05) is 5.75 Å². The molecule has 2 rings (SSSR count). The molecule has 1 fully saturated rings. The molecule has 0 bridgehead atoms. The Kier molecular flexibility index (Phi) is 6.00. The molecule has 0 radical (unpaired) electrons. The summed E-state index contributed by atoms with van der Waals surface area (Å²) in [7, 11) is -0.812. The number of halogens is 3. The van der Waals surface area contributed by atoms with Gasteiger partial charge in [0.15, 0.2) is 5.12 Å². The topological polar surface area (TPSA) is 35.5 Å². The minimum atomic E-state index is -4.47. The molecule has 0 amide bonds. The summed E-state index contributed by atoms with van der Waals surface area (Å²) < 4.78 is 51.8. The van der Waals surface area contributed by atoms with E-state index in [0.29, 0.717) is 5.47 Å². The summed E-state index contributed by atoms with van der Waals surface area (Å²) in [6.45, 7) is 8.88. The summed E-state index contributed by atoms with van der Waals surface area (Å²) in [5.74, 6) is 0.193. The summed E-state index contributed by atoms with van der Waals surface area (Å²) in [6, 6.07) is 5.32. The highest BCUT2D eigenvalue weighted by Gasteiger charge is 2.52. The fourth-order valence-corrected chi connectivity index (χ4v) is 3.03. The largest absolute Gasteiger partial charge is 0.491 e. The van der Waals surface area contributed by atoms with Crippen LogP contribution in [0.5, 0.6) is 0 Å². The number of thioether (sulfide) groups is 1. The monoisotopic (exact) mass is 386 g/mol. The molecule has 0 aliphatic carbocycles. The Hall–Kier alpha value is -1.25. The van der Waals surface area contributed by atoms with Crippen molar-refractivity contribution < 1.29 is 27.3 Å². The SMILES string of the molecule is CC(=O)SCC(=Cc1ccccc1C(F)(F)F)B1OC(C)(C)C(C)(C)O1. The molecular formula is C18H22BF3O3S. The average molecular weight is 386 g/mol. The maximum Gasteiger partial charge on any atom is 0.491 e. The first-order valence-corrected chi connectivity index (χ1v) is 9.18. The molecule has 8 heteroatoms. The van der Waals surface area contributed by atoms with Crippen molar-refractivity contribution in [1.29, 1.82) is 0 Å². The van der Waals surface area contributed by atoms with Crippen molar-refractivity contribution >= 4 is 30.1 Å². The first-order chi connectivity index (χ1) is 11.8. The van der Waals surface area contributed by atoms with Gasteiger partial charge in [0.05, 0.1) is 16.8 Å². The van der Waals surface area contributed by atoms with Crippen LogP contribution >= 0.6 is 11.8 Å². The zero-order chi connectivity index (χ0) is 19.8. The van der Waals surface area contributed by atoms with Crippen molar-refractivity contribution in [1.82, 2.24) is 0 Å². The van der Waals surface area contributed by atoms with E-state index < -0.39 is 30.1 Å². The van der Waals surface area contributed by atoms with E-state index in [-0.39, 0.29) is 16.4 Å². The Morgan fingerprint density at radius 3 is 2.19 bits per heavy atom. The summed E-state index contributed by atoms with van der Waals surface area (Å²) in [6.07, 6.45) is -3.05. The molecule has 3 nitrogen and oxygen atoms in total. The maximum atomic E-state index is 13.3. The normalized spacial score (nSPS) is 19.7. The van der Waals surface area contributed by atoms with Crippen LogP contribution in [0.2, 0.25) is 0 Å². The van der Waals surface area contributed by atoms with Gasteiger partial charge in [-0.3, -0.25) is 4.79 Å². The number of alkyl halides is 3. The van der Waals surface area contributed by atoms with E-state index in [2.05, 4.69) is 0 Å². The summed E-state index contributed by atoms with van der Waals surface area (Å²) in [5.41, 5.74) is -1.47. The first kappa shape index (κ1) is 21.1. The van der Waals surface area contributed by atoms with Gasteiger partial charge in [0.25, 0.3) is 0 Å². The van der Waals surface area contributed by atoms with Gasteiger partial charge in [0.1, 0.15) is 0 Å². The van der Waals surface area contributed by atoms with Gasteiger partial charge < -0.3 is 9.31 Å². The summed E-state index contributed by atoms with van der Waals surface area (Å²) >= 11 is 1.01. The molecule has 0 aromatic heterocycles. The lowest BCUT2D eigenvalue weighted by atomic mass is 9.78. The second kappa shape index (κ2) is 7.41. The highest BCUT2D eigenvalue weighted by molar-refractivity contribution is 8.13. The van der Waals surface area contributed by atoms with Gasteiger partial charge in [-0.2, -0.15) is 13.2 Å². The molecular weight excluding hydrogens is 364 g/mol. The molecule has 0 atom stereocenters. The van der Waals surface area contributed by atoms with Crippen molar-refractivity contribution in [3.05, 3.63) is 40.9 Å². The lowest BCUT2D eigenvalue weighted by Crippen LogP contribution is -2.41. The molecule has 0 spiro atoms. The Bertz CT molecular complexity index is 698. The van der Waals surface area contributed by atoms with Crippen LogP contribution in [0.1, 0.15) is 45.7 Å². The van der Waals surface area contributed by atoms with Crippen molar-refractivity contribution in [2.45, 2.75) is 52.0 Å². The number of hydrogen-bond donors (Lipinski definition) is 0. The lowest BCUT2D eigenvalue weighted by Gasteiger charge is -2.32. The van der Waals surface area contributed by atoms with Gasteiger partial charge in [-0.1, -0.05) is 36.0 Å². The van der Waals surface area contributed by atoms with Gasteiger partial charge in [-0.15, -0.1) is 0 Å². The third-order valence-electron chi connectivity index (χ3n) is 4.61. The first-order valence-electron chi connectivity index (χ1n) is 8.19. The van der Waals surface area contributed by atoms with E-state index >= 15 is 0 Å². The van der Waals surface area contributed by atoms with Crippen LogP contribution in [0.4, 0.5) is 13.2 Å². The number of carbonyl (C=O) groups excluding carboxylic acids is 1. The molecule has 0 N–H and O–H groups in total. The van der Waals surface area contributed by atoms with Gasteiger partial charge in [0.2, 0.25) is 0 Å². The average Bonchev–Trinajstić information content (AvgIpc) is 2.71. The molecule has 1 aliphatic heterocycles. The van der Waals surface area contributed by atoms with Gasteiger partial charge in [0, 0.05) is 12.7 Å². The molecule has 26 heavy (non-hydrogen) atoms. The zero-order valence-electron chi connectivity index (χ0n) is 15.4. The predicted molar refractivity (Wildman–Crippen MR) is 98.6 cm³/mol. The molecule has 1 aromatic rings. The second-order valence-corrected chi connectivity index (χ2v) is 8.33. The Morgan fingerprint density at radius 1 is 1.15 bits per heavy atom. The van der Waals surface area contributed by atoms with Gasteiger partial charge >= 0.3 is 13.3 Å². The van der Waals surface area contributed by atoms with Crippen LogP contribution in [-0.2, 0) is 20.3 Å². The number of hydrogen-bond acceptors (Lipinski definition) is 4. The van der Waals surface area contributed by atoms with Crippen LogP contribution in [0.15, 0.2) is 29.7 Å². The van der Waals surface area contributed by atoms with Crippen molar-refractivity contribution in [2.24, 2.45) is 0 Å². The number of rotatable bonds is 4. The summed E-state index contributed by atoms with van der Waals surface area (Å²) in [5, 5.41) is -0.128.